The number of hydrogen-bond donors (Lipinski definition) is 1. The molecule has 0 aliphatic heterocycles. The first-order valence-electron chi connectivity index (χ1n) is 7.51. The van der Waals surface area contributed by atoms with Gasteiger partial charge < -0.3 is 0 Å². The van der Waals surface area contributed by atoms with E-state index >= 15 is 0 Å². The average Bonchev–Trinajstić information content (AvgIpc) is 2.60. The highest BCUT2D eigenvalue weighted by atomic mass is 32.2. The fraction of sp³-hybridized carbons (Fsp3) is 0.933. The van der Waals surface area contributed by atoms with E-state index in [4.69, 9.17) is 0 Å². The van der Waals surface area contributed by atoms with Crippen LogP contribution in [0, 0.1) is 16.7 Å². The van der Waals surface area contributed by atoms with Gasteiger partial charge in [-0.1, -0.05) is 20.8 Å². The van der Waals surface area contributed by atoms with Gasteiger partial charge in [0.2, 0.25) is 10.0 Å². The van der Waals surface area contributed by atoms with Gasteiger partial charge in [0.1, 0.15) is 5.78 Å². The van der Waals surface area contributed by atoms with Gasteiger partial charge in [0.25, 0.3) is 0 Å². The van der Waals surface area contributed by atoms with Crippen molar-refractivity contribution in [1.29, 1.82) is 0 Å². The van der Waals surface area contributed by atoms with E-state index in [2.05, 4.69) is 18.6 Å². The molecule has 0 aromatic heterocycles. The van der Waals surface area contributed by atoms with Gasteiger partial charge in [-0.3, -0.25) is 4.79 Å². The summed E-state index contributed by atoms with van der Waals surface area (Å²) < 4.78 is 27.8. The minimum atomic E-state index is -3.45. The van der Waals surface area contributed by atoms with Crippen LogP contribution >= 0.6 is 0 Å². The van der Waals surface area contributed by atoms with Crippen LogP contribution in [0.15, 0.2) is 0 Å². The Bertz CT molecular complexity index is 521. The number of sulfonamides is 1. The second-order valence-corrected chi connectivity index (χ2v) is 9.49. The van der Waals surface area contributed by atoms with E-state index in [1.807, 2.05) is 20.8 Å². The van der Waals surface area contributed by atoms with Crippen molar-refractivity contribution < 1.29 is 13.2 Å². The Morgan fingerprint density at radius 3 is 2.35 bits per heavy atom. The number of nitrogens with one attached hydrogen (secondary N) is 1. The lowest BCUT2D eigenvalue weighted by atomic mass is 9.70. The molecule has 5 heteroatoms. The summed E-state index contributed by atoms with van der Waals surface area (Å²) in [5.74, 6) is 0.453. The summed E-state index contributed by atoms with van der Waals surface area (Å²) in [7, 11) is -3.45. The molecule has 116 valence electrons. The molecule has 0 saturated heterocycles. The molecule has 2 saturated carbocycles. The summed E-state index contributed by atoms with van der Waals surface area (Å²) in [5, 5.41) is 0. The molecule has 2 fully saturated rings. The molecule has 2 rings (SSSR count). The van der Waals surface area contributed by atoms with Crippen LogP contribution in [0.3, 0.4) is 0 Å². The SMILES string of the molecule is CCC(C)(C)NS(=O)(=O)C[C@]12CC[C@@H](CC1=O)C2(C)C. The third-order valence-corrected chi connectivity index (χ3v) is 7.63. The van der Waals surface area contributed by atoms with Gasteiger partial charge in [0, 0.05) is 17.4 Å². The Morgan fingerprint density at radius 1 is 1.35 bits per heavy atom. The molecule has 4 nitrogen and oxygen atoms in total. The number of hydrogen-bond acceptors (Lipinski definition) is 3. The summed E-state index contributed by atoms with van der Waals surface area (Å²) in [6.07, 6.45) is 2.97. The molecule has 2 atom stereocenters. The Morgan fingerprint density at radius 2 is 1.95 bits per heavy atom. The zero-order chi connectivity index (χ0) is 15.4. The van der Waals surface area contributed by atoms with Crippen LogP contribution in [0.25, 0.3) is 0 Å². The Kier molecular flexibility index (Phi) is 3.62. The van der Waals surface area contributed by atoms with Crippen molar-refractivity contribution >= 4 is 15.8 Å². The van der Waals surface area contributed by atoms with Crippen LogP contribution in [0.5, 0.6) is 0 Å². The number of carbonyl (C=O) groups excluding carboxylic acids is 1. The van der Waals surface area contributed by atoms with Crippen molar-refractivity contribution in [2.24, 2.45) is 16.7 Å². The van der Waals surface area contributed by atoms with Gasteiger partial charge in [0.05, 0.1) is 5.75 Å². The number of rotatable bonds is 5. The molecule has 0 aromatic carbocycles. The van der Waals surface area contributed by atoms with Gasteiger partial charge in [-0.25, -0.2) is 13.1 Å². The van der Waals surface area contributed by atoms with E-state index in [-0.39, 0.29) is 17.0 Å². The molecular formula is C15H27NO3S. The predicted molar refractivity (Wildman–Crippen MR) is 79.9 cm³/mol. The van der Waals surface area contributed by atoms with Crippen LogP contribution in [-0.4, -0.2) is 25.5 Å². The van der Waals surface area contributed by atoms with E-state index in [0.29, 0.717) is 12.3 Å². The van der Waals surface area contributed by atoms with Crippen molar-refractivity contribution in [3.05, 3.63) is 0 Å². The molecule has 0 radical (unpaired) electrons. The van der Waals surface area contributed by atoms with Crippen LogP contribution in [-0.2, 0) is 14.8 Å². The van der Waals surface area contributed by atoms with Crippen LogP contribution in [0.2, 0.25) is 0 Å². The van der Waals surface area contributed by atoms with Gasteiger partial charge in [-0.2, -0.15) is 0 Å². The quantitative estimate of drug-likeness (QED) is 0.848. The maximum absolute atomic E-state index is 12.5. The largest absolute Gasteiger partial charge is 0.299 e. The van der Waals surface area contributed by atoms with E-state index in [0.717, 1.165) is 19.3 Å². The van der Waals surface area contributed by atoms with E-state index in [1.54, 1.807) is 0 Å². The highest BCUT2D eigenvalue weighted by Gasteiger charge is 2.65. The van der Waals surface area contributed by atoms with Crippen molar-refractivity contribution in [2.75, 3.05) is 5.75 Å². The second kappa shape index (κ2) is 4.54. The summed E-state index contributed by atoms with van der Waals surface area (Å²) in [4.78, 5) is 12.4. The van der Waals surface area contributed by atoms with Crippen LogP contribution < -0.4 is 4.72 Å². The highest BCUT2D eigenvalue weighted by Crippen LogP contribution is 2.64. The number of carbonyl (C=O) groups is 1. The number of ketones is 1. The monoisotopic (exact) mass is 301 g/mol. The van der Waals surface area contributed by atoms with Gasteiger partial charge >= 0.3 is 0 Å². The number of fused-ring (bicyclic) bond motifs is 2. The fourth-order valence-electron chi connectivity index (χ4n) is 3.96. The first kappa shape index (κ1) is 16.0. The van der Waals surface area contributed by atoms with Gasteiger partial charge in [-0.05, 0) is 44.4 Å². The summed E-state index contributed by atoms with van der Waals surface area (Å²) in [6, 6.07) is 0. The molecule has 2 aliphatic rings. The minimum absolute atomic E-state index is 0.0498. The molecular weight excluding hydrogens is 274 g/mol. The van der Waals surface area contributed by atoms with Gasteiger partial charge in [0.15, 0.2) is 0 Å². The first-order chi connectivity index (χ1) is 8.96. The zero-order valence-corrected chi connectivity index (χ0v) is 14.1. The molecule has 0 amide bonds. The van der Waals surface area contributed by atoms with Crippen molar-refractivity contribution in [3.63, 3.8) is 0 Å². The normalized spacial score (nSPS) is 32.9. The summed E-state index contributed by atoms with van der Waals surface area (Å²) in [5.41, 5.74) is -1.33. The Labute approximate surface area is 122 Å². The molecule has 0 unspecified atom stereocenters. The van der Waals surface area contributed by atoms with E-state index in [1.165, 1.54) is 0 Å². The molecule has 0 spiro atoms. The maximum atomic E-state index is 12.5. The van der Waals surface area contributed by atoms with E-state index < -0.39 is 21.0 Å². The lowest BCUT2D eigenvalue weighted by Crippen LogP contribution is -2.50. The van der Waals surface area contributed by atoms with Crippen molar-refractivity contribution in [2.45, 2.75) is 65.8 Å². The van der Waals surface area contributed by atoms with Crippen LogP contribution in [0.4, 0.5) is 0 Å². The molecule has 1 N–H and O–H groups in total. The summed E-state index contributed by atoms with van der Waals surface area (Å²) >= 11 is 0. The lowest BCUT2D eigenvalue weighted by molar-refractivity contribution is -0.128. The first-order valence-corrected chi connectivity index (χ1v) is 9.16. The minimum Gasteiger partial charge on any atom is -0.299 e. The third-order valence-electron chi connectivity index (χ3n) is 5.89. The van der Waals surface area contributed by atoms with Gasteiger partial charge in [-0.15, -0.1) is 0 Å². The highest BCUT2D eigenvalue weighted by molar-refractivity contribution is 7.89. The predicted octanol–water partition coefficient (Wildman–Crippen LogP) is 2.49. The molecule has 2 aliphatic carbocycles. The topological polar surface area (TPSA) is 63.2 Å². The molecule has 20 heavy (non-hydrogen) atoms. The molecule has 2 bridgehead atoms. The van der Waals surface area contributed by atoms with E-state index in [9.17, 15) is 13.2 Å². The Hall–Kier alpha value is -0.420. The second-order valence-electron chi connectivity index (χ2n) is 7.77. The summed E-state index contributed by atoms with van der Waals surface area (Å²) in [6.45, 7) is 9.84. The average molecular weight is 301 g/mol. The third kappa shape index (κ3) is 2.33. The van der Waals surface area contributed by atoms with Crippen LogP contribution in [0.1, 0.15) is 60.3 Å². The maximum Gasteiger partial charge on any atom is 0.213 e. The Balaban J connectivity index is 2.27. The molecule has 0 aromatic rings. The lowest BCUT2D eigenvalue weighted by Gasteiger charge is -2.37. The fourth-order valence-corrected chi connectivity index (χ4v) is 6.35. The smallest absolute Gasteiger partial charge is 0.213 e. The zero-order valence-electron chi connectivity index (χ0n) is 13.2. The standard InChI is InChI=1S/C15H27NO3S/c1-6-13(2,3)16-20(18,19)10-15-8-7-11(9-12(15)17)14(15,4)5/h11,16H,6-10H2,1-5H3/t11-,15+/m0/s1. The van der Waals surface area contributed by atoms with Crippen molar-refractivity contribution in [3.8, 4) is 0 Å². The van der Waals surface area contributed by atoms with Crippen molar-refractivity contribution in [1.82, 2.24) is 4.72 Å². The number of Topliss-reactive ketones (excluding diaryl/α,β-unsaturated/α-hetero) is 1. The molecule has 0 heterocycles.